The third-order valence-electron chi connectivity index (χ3n) is 15.4. The summed E-state index contributed by atoms with van der Waals surface area (Å²) in [6.45, 7) is 11.9. The molecule has 0 spiro atoms. The molecule has 9 aromatic carbocycles. The van der Waals surface area contributed by atoms with Gasteiger partial charge in [-0.15, -0.1) is 0 Å². The van der Waals surface area contributed by atoms with E-state index in [4.69, 9.17) is 0 Å². The number of fused-ring (bicyclic) bond motifs is 9. The summed E-state index contributed by atoms with van der Waals surface area (Å²) in [6, 6.07) is 69.5. The predicted octanol–water partition coefficient (Wildman–Crippen LogP) is 16.2. The van der Waals surface area contributed by atoms with Gasteiger partial charge in [-0.2, -0.15) is 0 Å². The van der Waals surface area contributed by atoms with E-state index in [-0.39, 0.29) is 16.2 Å². The molecule has 294 valence electrons. The molecule has 0 amide bonds. The SMILES string of the molecule is CCC(CC)(c1ccccc1)c1ccc(N(c2ccc3c(c2)-c2cc4ccccc4cc2C3(C)C)c2ccc3cccc4c3c2-c2cccc3c2C4(C)c2ccccc2-3)cc1. The molecule has 0 aromatic heterocycles. The zero-order chi connectivity index (χ0) is 41.3. The Hall–Kier alpha value is -6.70. The third-order valence-corrected chi connectivity index (χ3v) is 15.4. The molecule has 61 heavy (non-hydrogen) atoms. The number of nitrogens with zero attached hydrogens (tertiary/aromatic N) is 1. The standard InChI is InChI=1S/C60H49N/c1-6-60(7-2,41-20-9-8-10-21-41)42-28-30-43(31-29-42)61(44-32-33-50-49(37-44)48-35-39-17-11-12-18-40(39)36-53(48)58(50,3)4)54-34-27-38-19-15-26-52-55(38)56(54)47-24-16-23-46-45-22-13-14-25-51(45)59(52,5)57(46)47/h8-37H,6-7H2,1-5H3. The van der Waals surface area contributed by atoms with Crippen molar-refractivity contribution in [2.24, 2.45) is 0 Å². The fourth-order valence-corrected chi connectivity index (χ4v) is 12.2. The van der Waals surface area contributed by atoms with Crippen molar-refractivity contribution < 1.29 is 0 Å². The largest absolute Gasteiger partial charge is 0.310 e. The van der Waals surface area contributed by atoms with Crippen molar-refractivity contribution in [1.29, 1.82) is 0 Å². The van der Waals surface area contributed by atoms with Crippen molar-refractivity contribution in [3.8, 4) is 33.4 Å². The van der Waals surface area contributed by atoms with E-state index in [1.165, 1.54) is 105 Å². The van der Waals surface area contributed by atoms with Gasteiger partial charge in [-0.1, -0.05) is 167 Å². The lowest BCUT2D eigenvalue weighted by molar-refractivity contribution is 0.478. The van der Waals surface area contributed by atoms with E-state index in [2.05, 4.69) is 222 Å². The molecule has 0 bridgehead atoms. The van der Waals surface area contributed by atoms with Gasteiger partial charge in [-0.3, -0.25) is 0 Å². The van der Waals surface area contributed by atoms with Crippen molar-refractivity contribution in [2.75, 3.05) is 4.90 Å². The van der Waals surface area contributed by atoms with E-state index < -0.39 is 0 Å². The van der Waals surface area contributed by atoms with Crippen LogP contribution in [-0.2, 0) is 16.2 Å². The molecule has 0 fully saturated rings. The summed E-state index contributed by atoms with van der Waals surface area (Å²) >= 11 is 0. The molecule has 0 saturated carbocycles. The van der Waals surface area contributed by atoms with Crippen LogP contribution < -0.4 is 4.90 Å². The Kier molecular flexibility index (Phi) is 7.65. The number of hydrogen-bond donors (Lipinski definition) is 0. The Morgan fingerprint density at radius 2 is 1.03 bits per heavy atom. The van der Waals surface area contributed by atoms with Gasteiger partial charge in [0.2, 0.25) is 0 Å². The fraction of sp³-hybridized carbons (Fsp3) is 0.167. The van der Waals surface area contributed by atoms with Gasteiger partial charge >= 0.3 is 0 Å². The molecule has 0 aliphatic heterocycles. The first-order chi connectivity index (χ1) is 29.8. The molecule has 0 saturated heterocycles. The minimum Gasteiger partial charge on any atom is -0.310 e. The van der Waals surface area contributed by atoms with Crippen molar-refractivity contribution in [2.45, 2.75) is 63.7 Å². The van der Waals surface area contributed by atoms with Crippen LogP contribution in [-0.4, -0.2) is 0 Å². The first-order valence-electron chi connectivity index (χ1n) is 22.2. The van der Waals surface area contributed by atoms with Crippen LogP contribution in [0, 0.1) is 0 Å². The van der Waals surface area contributed by atoms with Crippen LogP contribution in [0.5, 0.6) is 0 Å². The van der Waals surface area contributed by atoms with E-state index in [1.54, 1.807) is 0 Å². The summed E-state index contributed by atoms with van der Waals surface area (Å²) in [5.41, 5.74) is 20.8. The van der Waals surface area contributed by atoms with E-state index in [0.717, 1.165) is 18.5 Å². The zero-order valence-corrected chi connectivity index (χ0v) is 35.7. The normalized spacial score (nSPS) is 16.3. The summed E-state index contributed by atoms with van der Waals surface area (Å²) in [5.74, 6) is 0. The molecule has 0 heterocycles. The monoisotopic (exact) mass is 783 g/mol. The molecule has 1 heteroatoms. The highest BCUT2D eigenvalue weighted by Crippen LogP contribution is 2.62. The fourth-order valence-electron chi connectivity index (χ4n) is 12.2. The minimum atomic E-state index is -0.257. The average molecular weight is 784 g/mol. The Balaban J connectivity index is 1.13. The summed E-state index contributed by atoms with van der Waals surface area (Å²) < 4.78 is 0. The summed E-state index contributed by atoms with van der Waals surface area (Å²) in [7, 11) is 0. The maximum absolute atomic E-state index is 2.56. The first kappa shape index (κ1) is 36.2. The highest BCUT2D eigenvalue weighted by molar-refractivity contribution is 6.13. The lowest BCUT2D eigenvalue weighted by atomic mass is 9.66. The van der Waals surface area contributed by atoms with Crippen LogP contribution in [0.25, 0.3) is 54.9 Å². The summed E-state index contributed by atoms with van der Waals surface area (Å²) in [6.07, 6.45) is 2.06. The second-order valence-corrected chi connectivity index (χ2v) is 18.4. The van der Waals surface area contributed by atoms with Gasteiger partial charge in [0.25, 0.3) is 0 Å². The van der Waals surface area contributed by atoms with Gasteiger partial charge < -0.3 is 4.90 Å². The molecule has 3 aliphatic carbocycles. The second kappa shape index (κ2) is 12.9. The van der Waals surface area contributed by atoms with Crippen LogP contribution in [0.2, 0.25) is 0 Å². The highest BCUT2D eigenvalue weighted by atomic mass is 15.1. The Bertz CT molecular complexity index is 3250. The minimum absolute atomic E-state index is 0.0653. The lowest BCUT2D eigenvalue weighted by Crippen LogP contribution is -2.27. The van der Waals surface area contributed by atoms with Crippen LogP contribution >= 0.6 is 0 Å². The van der Waals surface area contributed by atoms with Gasteiger partial charge in [0.1, 0.15) is 0 Å². The predicted molar refractivity (Wildman–Crippen MR) is 258 cm³/mol. The molecular weight excluding hydrogens is 735 g/mol. The summed E-state index contributed by atoms with van der Waals surface area (Å²) in [4.78, 5) is 2.56. The van der Waals surface area contributed by atoms with E-state index in [9.17, 15) is 0 Å². The van der Waals surface area contributed by atoms with Crippen LogP contribution in [0.15, 0.2) is 182 Å². The van der Waals surface area contributed by atoms with Crippen LogP contribution in [0.1, 0.15) is 86.4 Å². The molecule has 3 aliphatic rings. The van der Waals surface area contributed by atoms with Crippen LogP contribution in [0.4, 0.5) is 17.1 Å². The van der Waals surface area contributed by atoms with Gasteiger partial charge in [0.15, 0.2) is 0 Å². The smallest absolute Gasteiger partial charge is 0.0546 e. The number of benzene rings is 9. The van der Waals surface area contributed by atoms with E-state index in [1.807, 2.05) is 0 Å². The van der Waals surface area contributed by atoms with Gasteiger partial charge in [0.05, 0.1) is 5.69 Å². The van der Waals surface area contributed by atoms with Crippen LogP contribution in [0.3, 0.4) is 0 Å². The molecular formula is C60H49N. The molecule has 12 rings (SSSR count). The van der Waals surface area contributed by atoms with Gasteiger partial charge in [0, 0.05) is 33.2 Å². The number of hydrogen-bond acceptors (Lipinski definition) is 1. The zero-order valence-electron chi connectivity index (χ0n) is 35.7. The molecule has 1 atom stereocenters. The molecule has 0 radical (unpaired) electrons. The quantitative estimate of drug-likeness (QED) is 0.156. The Morgan fingerprint density at radius 3 is 1.82 bits per heavy atom. The van der Waals surface area contributed by atoms with Gasteiger partial charge in [-0.25, -0.2) is 0 Å². The molecule has 1 unspecified atom stereocenters. The van der Waals surface area contributed by atoms with E-state index >= 15 is 0 Å². The lowest BCUT2D eigenvalue weighted by Gasteiger charge is -2.38. The van der Waals surface area contributed by atoms with Crippen molar-refractivity contribution in [3.05, 3.63) is 221 Å². The molecule has 9 aromatic rings. The topological polar surface area (TPSA) is 3.24 Å². The molecule has 1 nitrogen and oxygen atoms in total. The summed E-state index contributed by atoms with van der Waals surface area (Å²) in [5, 5.41) is 5.21. The van der Waals surface area contributed by atoms with Crippen molar-refractivity contribution in [1.82, 2.24) is 0 Å². The second-order valence-electron chi connectivity index (χ2n) is 18.4. The number of rotatable bonds is 7. The Labute approximate surface area is 360 Å². The number of anilines is 3. The Morgan fingerprint density at radius 1 is 0.426 bits per heavy atom. The third kappa shape index (κ3) is 4.78. The van der Waals surface area contributed by atoms with Gasteiger partial charge in [-0.05, 0) is 151 Å². The maximum Gasteiger partial charge on any atom is 0.0546 e. The first-order valence-corrected chi connectivity index (χ1v) is 22.2. The van der Waals surface area contributed by atoms with E-state index in [0.29, 0.717) is 0 Å². The highest BCUT2D eigenvalue weighted by Gasteiger charge is 2.47. The maximum atomic E-state index is 2.56. The average Bonchev–Trinajstić information content (AvgIpc) is 3.70. The van der Waals surface area contributed by atoms with Crippen molar-refractivity contribution in [3.63, 3.8) is 0 Å². The molecule has 0 N–H and O–H groups in total. The van der Waals surface area contributed by atoms with Crippen molar-refractivity contribution >= 4 is 38.6 Å².